The van der Waals surface area contributed by atoms with Crippen LogP contribution >= 0.6 is 11.6 Å². The Hall–Kier alpha value is -4.88. The zero-order valence-electron chi connectivity index (χ0n) is 25.6. The summed E-state index contributed by atoms with van der Waals surface area (Å²) < 4.78 is 5.13. The minimum absolute atomic E-state index is 0.168. The van der Waals surface area contributed by atoms with Crippen molar-refractivity contribution in [2.75, 3.05) is 19.5 Å². The number of para-hydroxylation sites is 1. The lowest BCUT2D eigenvalue weighted by molar-refractivity contribution is -0.154. The summed E-state index contributed by atoms with van der Waals surface area (Å²) in [4.78, 5) is 44.4. The fourth-order valence-electron chi connectivity index (χ4n) is 6.66. The fraction of sp³-hybridized carbons (Fsp3) is 0.237. The Morgan fingerprint density at radius 2 is 1.52 bits per heavy atom. The number of nitrogens with zero attached hydrogens (tertiary/aromatic N) is 1. The summed E-state index contributed by atoms with van der Waals surface area (Å²) in [5, 5.41) is 4.06. The highest BCUT2D eigenvalue weighted by atomic mass is 35.5. The Balaban J connectivity index is 1.20. The first-order valence-electron chi connectivity index (χ1n) is 15.5. The third-order valence-corrected chi connectivity index (χ3v) is 9.08. The summed E-state index contributed by atoms with van der Waals surface area (Å²) in [7, 11) is 1.32. The molecule has 1 aliphatic heterocycles. The first-order valence-corrected chi connectivity index (χ1v) is 16.1. The van der Waals surface area contributed by atoms with Gasteiger partial charge in [-0.2, -0.15) is 0 Å². The smallest absolute Gasteiger partial charge is 0.328 e. The van der Waals surface area contributed by atoms with E-state index < -0.39 is 18.1 Å². The molecule has 8 heteroatoms. The quantitative estimate of drug-likeness (QED) is 0.101. The predicted octanol–water partition coefficient (Wildman–Crippen LogP) is 6.76. The molecule has 0 unspecified atom stereocenters. The topological polar surface area (TPSA) is 91.5 Å². The number of esters is 1. The number of methoxy groups -OCH3 is 1. The molecule has 1 aromatic heterocycles. The van der Waals surface area contributed by atoms with Crippen molar-refractivity contribution in [3.05, 3.63) is 143 Å². The lowest BCUT2D eigenvalue weighted by atomic mass is 9.87. The summed E-state index contributed by atoms with van der Waals surface area (Å²) in [6, 6.07) is 34.5. The average Bonchev–Trinajstić information content (AvgIpc) is 3.49. The predicted molar refractivity (Wildman–Crippen MR) is 180 cm³/mol. The van der Waals surface area contributed by atoms with Crippen molar-refractivity contribution >= 4 is 40.3 Å². The highest BCUT2D eigenvalue weighted by Crippen LogP contribution is 2.41. The number of fused-ring (bicyclic) bond motifs is 3. The van der Waals surface area contributed by atoms with Gasteiger partial charge >= 0.3 is 5.97 Å². The Labute approximate surface area is 273 Å². The van der Waals surface area contributed by atoms with Gasteiger partial charge in [0, 0.05) is 41.0 Å². The molecule has 0 aliphatic carbocycles. The zero-order valence-corrected chi connectivity index (χ0v) is 26.4. The number of halogens is 1. The molecule has 0 fully saturated rings. The molecule has 0 saturated heterocycles. The number of ether oxygens (including phenoxy) is 1. The van der Waals surface area contributed by atoms with Crippen LogP contribution in [-0.4, -0.2) is 53.2 Å². The number of hydrogen-bond donors (Lipinski definition) is 2. The van der Waals surface area contributed by atoms with E-state index in [1.54, 1.807) is 12.1 Å². The molecule has 0 saturated carbocycles. The van der Waals surface area contributed by atoms with Gasteiger partial charge in [-0.1, -0.05) is 91.0 Å². The maximum absolute atomic E-state index is 13.3. The number of carbonyl (C=O) groups is 3. The summed E-state index contributed by atoms with van der Waals surface area (Å²) in [6.45, 7) is 0.538. The van der Waals surface area contributed by atoms with Gasteiger partial charge in [0.1, 0.15) is 11.9 Å². The van der Waals surface area contributed by atoms with Crippen LogP contribution < -0.4 is 5.32 Å². The van der Waals surface area contributed by atoms with Gasteiger partial charge in [0.25, 0.3) is 5.91 Å². The van der Waals surface area contributed by atoms with E-state index in [2.05, 4.69) is 58.8 Å². The van der Waals surface area contributed by atoms with Crippen molar-refractivity contribution in [2.24, 2.45) is 0 Å². The number of amides is 2. The number of alkyl halides is 1. The van der Waals surface area contributed by atoms with Crippen molar-refractivity contribution in [3.8, 4) is 0 Å². The summed E-state index contributed by atoms with van der Waals surface area (Å²) >= 11 is 6.07. The average molecular weight is 634 g/mol. The van der Waals surface area contributed by atoms with Crippen LogP contribution in [0.1, 0.15) is 63.1 Å². The molecule has 2 atom stereocenters. The van der Waals surface area contributed by atoms with Crippen molar-refractivity contribution in [1.82, 2.24) is 15.2 Å². The molecule has 1 aliphatic rings. The number of hydrogen-bond acceptors (Lipinski definition) is 4. The highest BCUT2D eigenvalue weighted by molar-refractivity contribution is 6.27. The van der Waals surface area contributed by atoms with Crippen LogP contribution in [0.3, 0.4) is 0 Å². The van der Waals surface area contributed by atoms with Gasteiger partial charge in [-0.3, -0.25) is 9.59 Å². The van der Waals surface area contributed by atoms with Gasteiger partial charge in [0.15, 0.2) is 0 Å². The normalized spacial score (nSPS) is 15.8. The third kappa shape index (κ3) is 6.28. The van der Waals surface area contributed by atoms with E-state index in [4.69, 9.17) is 16.3 Å². The second-order valence-electron chi connectivity index (χ2n) is 11.5. The lowest BCUT2D eigenvalue weighted by Gasteiger charge is -2.40. The van der Waals surface area contributed by atoms with Crippen LogP contribution in [0.4, 0.5) is 0 Å². The fourth-order valence-corrected chi connectivity index (χ4v) is 6.79. The Kier molecular flexibility index (Phi) is 9.50. The Bertz CT molecular complexity index is 1780. The second kappa shape index (κ2) is 14.0. The summed E-state index contributed by atoms with van der Waals surface area (Å²) in [5.41, 5.74) is 6.48. The Morgan fingerprint density at radius 3 is 2.15 bits per heavy atom. The van der Waals surface area contributed by atoms with Crippen LogP contribution in [-0.2, 0) is 20.7 Å². The second-order valence-corrected chi connectivity index (χ2v) is 11.8. The molecule has 234 valence electrons. The van der Waals surface area contributed by atoms with E-state index >= 15 is 0 Å². The van der Waals surface area contributed by atoms with E-state index in [1.807, 2.05) is 48.5 Å². The zero-order chi connectivity index (χ0) is 32.0. The molecule has 46 heavy (non-hydrogen) atoms. The number of aromatic nitrogens is 1. The molecule has 0 radical (unpaired) electrons. The minimum Gasteiger partial charge on any atom is -0.467 e. The number of benzene rings is 4. The van der Waals surface area contributed by atoms with Crippen molar-refractivity contribution in [3.63, 3.8) is 0 Å². The van der Waals surface area contributed by atoms with E-state index in [9.17, 15) is 14.4 Å². The van der Waals surface area contributed by atoms with Crippen molar-refractivity contribution < 1.29 is 19.1 Å². The molecule has 0 bridgehead atoms. The summed E-state index contributed by atoms with van der Waals surface area (Å²) in [5.74, 6) is -1.08. The van der Waals surface area contributed by atoms with E-state index in [1.165, 1.54) is 23.1 Å². The highest BCUT2D eigenvalue weighted by Gasteiger charge is 2.43. The van der Waals surface area contributed by atoms with Crippen molar-refractivity contribution in [1.29, 1.82) is 0 Å². The van der Waals surface area contributed by atoms with Crippen molar-refractivity contribution in [2.45, 2.75) is 37.3 Å². The number of aromatic amines is 1. The van der Waals surface area contributed by atoms with Gasteiger partial charge < -0.3 is 19.9 Å². The van der Waals surface area contributed by atoms with Gasteiger partial charge in [0.05, 0.1) is 13.2 Å². The first-order chi connectivity index (χ1) is 22.5. The molecule has 0 spiro atoms. The van der Waals surface area contributed by atoms with Crippen LogP contribution in [0.15, 0.2) is 109 Å². The van der Waals surface area contributed by atoms with Crippen LogP contribution in [0.5, 0.6) is 0 Å². The monoisotopic (exact) mass is 633 g/mol. The summed E-state index contributed by atoms with van der Waals surface area (Å²) in [6.07, 6.45) is 2.02. The van der Waals surface area contributed by atoms with Gasteiger partial charge in [-0.25, -0.2) is 4.79 Å². The molecule has 6 rings (SSSR count). The molecule has 2 N–H and O–H groups in total. The van der Waals surface area contributed by atoms with Crippen LogP contribution in [0.25, 0.3) is 10.9 Å². The largest absolute Gasteiger partial charge is 0.467 e. The molecule has 5 aromatic rings. The maximum atomic E-state index is 13.3. The van der Waals surface area contributed by atoms with E-state index in [0.29, 0.717) is 18.5 Å². The minimum atomic E-state index is -0.841. The van der Waals surface area contributed by atoms with Gasteiger partial charge in [-0.05, 0) is 53.3 Å². The lowest BCUT2D eigenvalue weighted by Crippen LogP contribution is -2.52. The molecular formula is C38H36ClN3O4. The van der Waals surface area contributed by atoms with E-state index in [0.717, 1.165) is 40.6 Å². The number of H-pyrrole nitrogens is 1. The number of carbonyl (C=O) groups excluding carboxylic acids is 3. The van der Waals surface area contributed by atoms with Gasteiger partial charge in [-0.15, -0.1) is 11.6 Å². The third-order valence-electron chi connectivity index (χ3n) is 8.85. The molecule has 4 aromatic carbocycles. The van der Waals surface area contributed by atoms with E-state index in [-0.39, 0.29) is 23.6 Å². The first kappa shape index (κ1) is 31.1. The molecule has 7 nitrogen and oxygen atoms in total. The SMILES string of the molecule is COC(=O)[C@H]1Cc2c([nH]c3ccccc23)[C@@H](c2ccc(C(=O)NCCCC(c3ccccc3)c3ccccc3)cc2)N1C(=O)CCl. The van der Waals surface area contributed by atoms with Gasteiger partial charge in [0.2, 0.25) is 5.91 Å². The molecule has 2 heterocycles. The maximum Gasteiger partial charge on any atom is 0.328 e. The number of rotatable bonds is 10. The standard InChI is InChI=1S/C38H36ClN3O4/c1-46-38(45)33-23-31-30-15-8-9-17-32(30)41-35(31)36(42(33)34(43)24-39)27-18-20-28(21-19-27)37(44)40-22-10-16-29(25-11-4-2-5-12-25)26-13-6-3-7-14-26/h2-9,11-15,17-21,29,33,36,41H,10,16,22-24H2,1H3,(H,40,44)/t33-,36-/m1/s1. The van der Waals surface area contributed by atoms with Crippen LogP contribution in [0.2, 0.25) is 0 Å². The molecule has 2 amide bonds. The van der Waals surface area contributed by atoms with Crippen LogP contribution in [0, 0.1) is 0 Å². The molecular weight excluding hydrogens is 598 g/mol. The Morgan fingerprint density at radius 1 is 0.891 bits per heavy atom. The number of nitrogens with one attached hydrogen (secondary N) is 2.